The first kappa shape index (κ1) is 13.5. The van der Waals surface area contributed by atoms with Crippen LogP contribution in [0.1, 0.15) is 46.5 Å². The van der Waals surface area contributed by atoms with E-state index in [1.165, 1.54) is 12.8 Å². The molecule has 16 heavy (non-hydrogen) atoms. The SMILES string of the molecule is CCC1CCCN(C(=O)[C@@H](N)C(C)CC)C1. The highest BCUT2D eigenvalue weighted by Crippen LogP contribution is 2.20. The van der Waals surface area contributed by atoms with Gasteiger partial charge >= 0.3 is 0 Å². The molecule has 1 amide bonds. The summed E-state index contributed by atoms with van der Waals surface area (Å²) in [5.74, 6) is 1.13. The first-order chi connectivity index (χ1) is 7.60. The maximum Gasteiger partial charge on any atom is 0.239 e. The topological polar surface area (TPSA) is 46.3 Å². The van der Waals surface area contributed by atoms with Crippen LogP contribution in [0.5, 0.6) is 0 Å². The number of likely N-dealkylation sites (tertiary alicyclic amines) is 1. The summed E-state index contributed by atoms with van der Waals surface area (Å²) in [6, 6.07) is -0.305. The van der Waals surface area contributed by atoms with Crippen molar-refractivity contribution in [2.24, 2.45) is 17.6 Å². The van der Waals surface area contributed by atoms with Crippen LogP contribution in [0.25, 0.3) is 0 Å². The minimum Gasteiger partial charge on any atom is -0.341 e. The first-order valence-electron chi connectivity index (χ1n) is 6.64. The van der Waals surface area contributed by atoms with E-state index in [-0.39, 0.29) is 17.9 Å². The number of nitrogens with zero attached hydrogens (tertiary/aromatic N) is 1. The van der Waals surface area contributed by atoms with Gasteiger partial charge in [0.2, 0.25) is 5.91 Å². The molecule has 1 aliphatic rings. The van der Waals surface area contributed by atoms with Crippen molar-refractivity contribution >= 4 is 5.91 Å². The Morgan fingerprint density at radius 2 is 2.19 bits per heavy atom. The molecule has 0 saturated carbocycles. The van der Waals surface area contributed by atoms with Gasteiger partial charge in [-0.25, -0.2) is 0 Å². The molecule has 0 aliphatic carbocycles. The third-order valence-corrected chi connectivity index (χ3v) is 3.95. The molecule has 0 bridgehead atoms. The number of hydrogen-bond donors (Lipinski definition) is 1. The Morgan fingerprint density at radius 1 is 1.50 bits per heavy atom. The van der Waals surface area contributed by atoms with Gasteiger partial charge in [-0.2, -0.15) is 0 Å². The number of piperidine rings is 1. The van der Waals surface area contributed by atoms with E-state index in [1.807, 2.05) is 4.90 Å². The molecule has 2 unspecified atom stereocenters. The molecule has 0 aromatic rings. The highest BCUT2D eigenvalue weighted by Gasteiger charge is 2.28. The van der Waals surface area contributed by atoms with Crippen LogP contribution < -0.4 is 5.73 Å². The summed E-state index contributed by atoms with van der Waals surface area (Å²) in [5, 5.41) is 0. The zero-order valence-corrected chi connectivity index (χ0v) is 10.9. The molecule has 1 heterocycles. The van der Waals surface area contributed by atoms with Crippen LogP contribution in [0.3, 0.4) is 0 Å². The van der Waals surface area contributed by atoms with Gasteiger partial charge in [-0.1, -0.05) is 33.6 Å². The van der Waals surface area contributed by atoms with Gasteiger partial charge in [0, 0.05) is 13.1 Å². The van der Waals surface area contributed by atoms with Crippen molar-refractivity contribution < 1.29 is 4.79 Å². The van der Waals surface area contributed by atoms with Gasteiger partial charge in [0.15, 0.2) is 0 Å². The zero-order valence-electron chi connectivity index (χ0n) is 10.9. The van der Waals surface area contributed by atoms with Gasteiger partial charge in [-0.05, 0) is 24.7 Å². The monoisotopic (exact) mass is 226 g/mol. The molecule has 3 atom stereocenters. The Labute approximate surface area is 99.4 Å². The lowest BCUT2D eigenvalue weighted by Crippen LogP contribution is -2.50. The van der Waals surface area contributed by atoms with E-state index >= 15 is 0 Å². The maximum atomic E-state index is 12.2. The lowest BCUT2D eigenvalue weighted by atomic mass is 9.93. The summed E-state index contributed by atoms with van der Waals surface area (Å²) in [6.45, 7) is 8.17. The van der Waals surface area contributed by atoms with Gasteiger partial charge in [-0.3, -0.25) is 4.79 Å². The number of carbonyl (C=O) groups is 1. The Hall–Kier alpha value is -0.570. The zero-order chi connectivity index (χ0) is 12.1. The standard InChI is InChI=1S/C13H26N2O/c1-4-10(3)12(14)13(16)15-8-6-7-11(5-2)9-15/h10-12H,4-9,14H2,1-3H3/t10?,11?,12-/m0/s1. The molecule has 94 valence electrons. The third-order valence-electron chi connectivity index (χ3n) is 3.95. The van der Waals surface area contributed by atoms with Crippen LogP contribution in [-0.4, -0.2) is 29.9 Å². The first-order valence-corrected chi connectivity index (χ1v) is 6.64. The van der Waals surface area contributed by atoms with Crippen molar-refractivity contribution in [2.45, 2.75) is 52.5 Å². The molecule has 1 aliphatic heterocycles. The largest absolute Gasteiger partial charge is 0.341 e. The summed E-state index contributed by atoms with van der Waals surface area (Å²) in [6.07, 6.45) is 4.54. The second kappa shape index (κ2) is 6.24. The molecule has 1 rings (SSSR count). The van der Waals surface area contributed by atoms with Crippen molar-refractivity contribution in [3.63, 3.8) is 0 Å². The van der Waals surface area contributed by atoms with Crippen LogP contribution in [0, 0.1) is 11.8 Å². The minimum atomic E-state index is -0.305. The Kier molecular flexibility index (Phi) is 5.26. The van der Waals surface area contributed by atoms with Crippen LogP contribution >= 0.6 is 0 Å². The molecular formula is C13H26N2O. The van der Waals surface area contributed by atoms with Crippen molar-refractivity contribution in [1.29, 1.82) is 0 Å². The van der Waals surface area contributed by atoms with Gasteiger partial charge < -0.3 is 10.6 Å². The van der Waals surface area contributed by atoms with Gasteiger partial charge in [-0.15, -0.1) is 0 Å². The minimum absolute atomic E-state index is 0.160. The van der Waals surface area contributed by atoms with E-state index in [1.54, 1.807) is 0 Å². The van der Waals surface area contributed by atoms with E-state index in [2.05, 4.69) is 20.8 Å². The molecule has 0 spiro atoms. The molecule has 0 radical (unpaired) electrons. The predicted octanol–water partition coefficient (Wildman–Crippen LogP) is 2.01. The smallest absolute Gasteiger partial charge is 0.239 e. The molecule has 3 nitrogen and oxygen atoms in total. The van der Waals surface area contributed by atoms with Gasteiger partial charge in [0.25, 0.3) is 0 Å². The van der Waals surface area contributed by atoms with E-state index < -0.39 is 0 Å². The quantitative estimate of drug-likeness (QED) is 0.797. The number of amides is 1. The number of nitrogens with two attached hydrogens (primary N) is 1. The average Bonchev–Trinajstić information content (AvgIpc) is 2.36. The van der Waals surface area contributed by atoms with Gasteiger partial charge in [0.1, 0.15) is 0 Å². The summed E-state index contributed by atoms with van der Waals surface area (Å²) in [7, 11) is 0. The highest BCUT2D eigenvalue weighted by atomic mass is 16.2. The number of carbonyl (C=O) groups excluding carboxylic acids is 1. The molecular weight excluding hydrogens is 200 g/mol. The second-order valence-electron chi connectivity index (χ2n) is 5.11. The lowest BCUT2D eigenvalue weighted by molar-refractivity contribution is -0.135. The molecule has 0 aromatic carbocycles. The van der Waals surface area contributed by atoms with Gasteiger partial charge in [0.05, 0.1) is 6.04 Å². The third kappa shape index (κ3) is 3.21. The molecule has 1 saturated heterocycles. The van der Waals surface area contributed by atoms with Crippen molar-refractivity contribution in [3.8, 4) is 0 Å². The molecule has 0 aromatic heterocycles. The van der Waals surface area contributed by atoms with Crippen LogP contribution in [0.15, 0.2) is 0 Å². The van der Waals surface area contributed by atoms with Crippen molar-refractivity contribution in [2.75, 3.05) is 13.1 Å². The van der Waals surface area contributed by atoms with Crippen LogP contribution in [-0.2, 0) is 4.79 Å². The summed E-state index contributed by atoms with van der Waals surface area (Å²) in [4.78, 5) is 14.1. The number of rotatable bonds is 4. The molecule has 2 N–H and O–H groups in total. The van der Waals surface area contributed by atoms with Crippen LogP contribution in [0.4, 0.5) is 0 Å². The molecule has 1 fully saturated rings. The summed E-state index contributed by atoms with van der Waals surface area (Å²) >= 11 is 0. The fourth-order valence-corrected chi connectivity index (χ4v) is 2.31. The van der Waals surface area contributed by atoms with Crippen molar-refractivity contribution in [3.05, 3.63) is 0 Å². The van der Waals surface area contributed by atoms with E-state index in [0.29, 0.717) is 5.92 Å². The van der Waals surface area contributed by atoms with Crippen LogP contribution in [0.2, 0.25) is 0 Å². The Bertz CT molecular complexity index is 230. The summed E-state index contributed by atoms with van der Waals surface area (Å²) < 4.78 is 0. The predicted molar refractivity (Wildman–Crippen MR) is 67.0 cm³/mol. The van der Waals surface area contributed by atoms with Crippen molar-refractivity contribution in [1.82, 2.24) is 4.90 Å². The fourth-order valence-electron chi connectivity index (χ4n) is 2.31. The maximum absolute atomic E-state index is 12.2. The highest BCUT2D eigenvalue weighted by molar-refractivity contribution is 5.82. The Balaban J connectivity index is 2.52. The summed E-state index contributed by atoms with van der Waals surface area (Å²) in [5.41, 5.74) is 6.00. The average molecular weight is 226 g/mol. The van der Waals surface area contributed by atoms with E-state index in [4.69, 9.17) is 5.73 Å². The second-order valence-corrected chi connectivity index (χ2v) is 5.11. The van der Waals surface area contributed by atoms with E-state index in [0.717, 1.165) is 25.9 Å². The number of hydrogen-bond acceptors (Lipinski definition) is 2. The lowest BCUT2D eigenvalue weighted by Gasteiger charge is -2.35. The molecule has 3 heteroatoms. The normalized spacial score (nSPS) is 25.2. The van der Waals surface area contributed by atoms with E-state index in [9.17, 15) is 4.79 Å². The Morgan fingerprint density at radius 3 is 2.75 bits per heavy atom. The fraction of sp³-hybridized carbons (Fsp3) is 0.923.